The van der Waals surface area contributed by atoms with Gasteiger partial charge in [-0.25, -0.2) is 4.98 Å². The van der Waals surface area contributed by atoms with Gasteiger partial charge in [0.2, 0.25) is 0 Å². The van der Waals surface area contributed by atoms with E-state index in [4.69, 9.17) is 19.6 Å². The van der Waals surface area contributed by atoms with E-state index in [1.54, 1.807) is 25.4 Å². The van der Waals surface area contributed by atoms with Crippen LogP contribution in [0.5, 0.6) is 5.75 Å². The number of anilines is 1. The maximum Gasteiger partial charge on any atom is 0.181 e. The Morgan fingerprint density at radius 1 is 1.45 bits per heavy atom. The summed E-state index contributed by atoms with van der Waals surface area (Å²) < 4.78 is 15.9. The van der Waals surface area contributed by atoms with Crippen molar-refractivity contribution in [1.29, 1.82) is 0 Å². The number of methoxy groups -OCH3 is 2. The molecule has 1 aromatic heterocycles. The molecule has 0 saturated carbocycles. The average Bonchev–Trinajstić information content (AvgIpc) is 2.98. The van der Waals surface area contributed by atoms with Gasteiger partial charge in [-0.15, -0.1) is 0 Å². The van der Waals surface area contributed by atoms with E-state index < -0.39 is 0 Å². The van der Waals surface area contributed by atoms with Crippen LogP contribution in [0.2, 0.25) is 0 Å². The Morgan fingerprint density at radius 3 is 2.80 bits per heavy atom. The van der Waals surface area contributed by atoms with Gasteiger partial charge < -0.3 is 19.6 Å². The van der Waals surface area contributed by atoms with Crippen molar-refractivity contribution >= 4 is 18.2 Å². The molecule has 0 radical (unpaired) electrons. The molecule has 6 nitrogen and oxygen atoms in total. The lowest BCUT2D eigenvalue weighted by molar-refractivity contribution is 0.369. The predicted molar refractivity (Wildman–Crippen MR) is 77.4 cm³/mol. The fourth-order valence-electron chi connectivity index (χ4n) is 1.83. The van der Waals surface area contributed by atoms with Gasteiger partial charge in [0.25, 0.3) is 0 Å². The van der Waals surface area contributed by atoms with Gasteiger partial charge in [0.15, 0.2) is 12.2 Å². The van der Waals surface area contributed by atoms with E-state index >= 15 is 0 Å². The lowest BCUT2D eigenvalue weighted by Crippen LogP contribution is -1.98. The van der Waals surface area contributed by atoms with E-state index in [0.717, 1.165) is 5.56 Å². The number of nitrogens with two attached hydrogens (primary N) is 1. The van der Waals surface area contributed by atoms with Gasteiger partial charge in [0.05, 0.1) is 32.2 Å². The molecule has 0 bridgehead atoms. The zero-order chi connectivity index (χ0) is 14.5. The van der Waals surface area contributed by atoms with E-state index in [1.165, 1.54) is 19.7 Å². The van der Waals surface area contributed by atoms with Crippen LogP contribution in [-0.4, -0.2) is 25.9 Å². The Morgan fingerprint density at radius 2 is 2.25 bits per heavy atom. The molecule has 1 heterocycles. The van der Waals surface area contributed by atoms with Crippen molar-refractivity contribution in [2.75, 3.05) is 20.0 Å². The Hall–Kier alpha value is -2.76. The summed E-state index contributed by atoms with van der Waals surface area (Å²) in [6.45, 7) is 3.41. The minimum absolute atomic E-state index is 0.501. The first kappa shape index (κ1) is 13.7. The van der Waals surface area contributed by atoms with Gasteiger partial charge in [-0.3, -0.25) is 4.99 Å². The van der Waals surface area contributed by atoms with Crippen LogP contribution in [0.4, 0.5) is 5.69 Å². The number of aliphatic imine (C=N–C) groups is 1. The number of ether oxygens (including phenoxy) is 2. The summed E-state index contributed by atoms with van der Waals surface area (Å²) in [7, 11) is 3.10. The SMILES string of the molecule is C=N/C=C(\OC)c1cc(-c2cnco2)c(OC)cc1N. The standard InChI is InChI=1S/C14H15N3O3/c1-16-6-13(19-3)9-4-10(14-7-17-8-20-14)12(18-2)5-11(9)15/h4-8H,1,15H2,2-3H3/b13-6-. The number of nitrogens with zero attached hydrogens (tertiary/aromatic N) is 2. The Balaban J connectivity index is 2.63. The molecule has 0 saturated heterocycles. The van der Waals surface area contributed by atoms with Crippen LogP contribution >= 0.6 is 0 Å². The average molecular weight is 273 g/mol. The smallest absolute Gasteiger partial charge is 0.181 e. The molecular formula is C14H15N3O3. The van der Waals surface area contributed by atoms with Crippen molar-refractivity contribution in [3.63, 3.8) is 0 Å². The summed E-state index contributed by atoms with van der Waals surface area (Å²) in [5, 5.41) is 0. The van der Waals surface area contributed by atoms with Crippen LogP contribution in [0, 0.1) is 0 Å². The molecule has 0 aliphatic carbocycles. The van der Waals surface area contributed by atoms with E-state index in [2.05, 4.69) is 16.7 Å². The van der Waals surface area contributed by atoms with Crippen molar-refractivity contribution in [2.24, 2.45) is 4.99 Å². The zero-order valence-corrected chi connectivity index (χ0v) is 11.3. The molecular weight excluding hydrogens is 258 g/mol. The van der Waals surface area contributed by atoms with Crippen molar-refractivity contribution < 1.29 is 13.9 Å². The fraction of sp³-hybridized carbons (Fsp3) is 0.143. The lowest BCUT2D eigenvalue weighted by atomic mass is 10.0. The predicted octanol–water partition coefficient (Wildman–Crippen LogP) is 2.58. The minimum atomic E-state index is 0.501. The number of hydrogen-bond donors (Lipinski definition) is 1. The van der Waals surface area contributed by atoms with Gasteiger partial charge in [-0.1, -0.05) is 0 Å². The highest BCUT2D eigenvalue weighted by Crippen LogP contribution is 2.36. The van der Waals surface area contributed by atoms with Gasteiger partial charge >= 0.3 is 0 Å². The Kier molecular flexibility index (Phi) is 4.05. The van der Waals surface area contributed by atoms with Crippen LogP contribution in [0.15, 0.2) is 40.3 Å². The molecule has 0 atom stereocenters. The Bertz CT molecular complexity index is 633. The second kappa shape index (κ2) is 5.92. The summed E-state index contributed by atoms with van der Waals surface area (Å²) in [6.07, 6.45) is 4.44. The molecule has 2 aromatic rings. The number of aromatic nitrogens is 1. The first-order valence-corrected chi connectivity index (χ1v) is 5.78. The fourth-order valence-corrected chi connectivity index (χ4v) is 1.83. The van der Waals surface area contributed by atoms with Crippen LogP contribution in [0.25, 0.3) is 17.1 Å². The van der Waals surface area contributed by atoms with Crippen molar-refractivity contribution in [3.05, 3.63) is 36.5 Å². The van der Waals surface area contributed by atoms with E-state index in [9.17, 15) is 0 Å². The van der Waals surface area contributed by atoms with Crippen molar-refractivity contribution in [2.45, 2.75) is 0 Å². The molecule has 0 unspecified atom stereocenters. The summed E-state index contributed by atoms with van der Waals surface area (Å²) in [5.41, 5.74) is 7.92. The van der Waals surface area contributed by atoms with Gasteiger partial charge in [0, 0.05) is 17.3 Å². The van der Waals surface area contributed by atoms with Crippen LogP contribution in [0.1, 0.15) is 5.56 Å². The third-order valence-electron chi connectivity index (χ3n) is 2.76. The van der Waals surface area contributed by atoms with E-state index in [0.29, 0.717) is 28.5 Å². The highest BCUT2D eigenvalue weighted by molar-refractivity contribution is 5.80. The molecule has 2 rings (SSSR count). The highest BCUT2D eigenvalue weighted by Gasteiger charge is 2.15. The molecule has 0 amide bonds. The molecule has 0 fully saturated rings. The maximum atomic E-state index is 6.02. The monoisotopic (exact) mass is 273 g/mol. The number of oxazole rings is 1. The summed E-state index contributed by atoms with van der Waals surface area (Å²) in [5.74, 6) is 1.66. The molecule has 0 spiro atoms. The molecule has 6 heteroatoms. The quantitative estimate of drug-likeness (QED) is 0.514. The van der Waals surface area contributed by atoms with E-state index in [-0.39, 0.29) is 0 Å². The van der Waals surface area contributed by atoms with Gasteiger partial charge in [0.1, 0.15) is 11.5 Å². The third-order valence-corrected chi connectivity index (χ3v) is 2.76. The van der Waals surface area contributed by atoms with Crippen molar-refractivity contribution in [3.8, 4) is 17.1 Å². The molecule has 104 valence electrons. The number of benzene rings is 1. The molecule has 20 heavy (non-hydrogen) atoms. The number of rotatable bonds is 5. The van der Waals surface area contributed by atoms with Crippen molar-refractivity contribution in [1.82, 2.24) is 4.98 Å². The molecule has 0 aliphatic rings. The summed E-state index contributed by atoms with van der Waals surface area (Å²) in [4.78, 5) is 7.60. The van der Waals surface area contributed by atoms with Crippen LogP contribution in [-0.2, 0) is 4.74 Å². The Labute approximate surface area is 116 Å². The third kappa shape index (κ3) is 2.49. The first-order chi connectivity index (χ1) is 9.71. The molecule has 0 aliphatic heterocycles. The van der Waals surface area contributed by atoms with E-state index in [1.807, 2.05) is 0 Å². The zero-order valence-electron chi connectivity index (χ0n) is 11.3. The second-order valence-electron chi connectivity index (χ2n) is 3.89. The number of hydrogen-bond acceptors (Lipinski definition) is 6. The molecule has 1 aromatic carbocycles. The molecule has 2 N–H and O–H groups in total. The highest BCUT2D eigenvalue weighted by atomic mass is 16.5. The topological polar surface area (TPSA) is 82.9 Å². The summed E-state index contributed by atoms with van der Waals surface area (Å²) >= 11 is 0. The second-order valence-corrected chi connectivity index (χ2v) is 3.89. The normalized spacial score (nSPS) is 11.2. The largest absolute Gasteiger partial charge is 0.496 e. The summed E-state index contributed by atoms with van der Waals surface area (Å²) in [6, 6.07) is 3.50. The van der Waals surface area contributed by atoms with Crippen LogP contribution < -0.4 is 10.5 Å². The number of nitrogen functional groups attached to an aromatic ring is 1. The first-order valence-electron chi connectivity index (χ1n) is 5.78. The van der Waals surface area contributed by atoms with Gasteiger partial charge in [-0.2, -0.15) is 0 Å². The maximum absolute atomic E-state index is 6.02. The van der Waals surface area contributed by atoms with Crippen LogP contribution in [0.3, 0.4) is 0 Å². The van der Waals surface area contributed by atoms with Gasteiger partial charge in [-0.05, 0) is 12.8 Å². The lowest BCUT2D eigenvalue weighted by Gasteiger charge is -2.13. The minimum Gasteiger partial charge on any atom is -0.496 e.